The molecule has 0 spiro atoms. The molecule has 1 amide bonds. The molecule has 1 aliphatic heterocycles. The van der Waals surface area contributed by atoms with Crippen molar-refractivity contribution in [1.29, 1.82) is 0 Å². The number of carbonyl (C=O) groups is 1. The van der Waals surface area contributed by atoms with Crippen molar-refractivity contribution < 1.29 is 22.7 Å². The number of carbonyl (C=O) groups excluding carboxylic acids is 1. The van der Waals surface area contributed by atoms with Gasteiger partial charge in [-0.15, -0.1) is 0 Å². The van der Waals surface area contributed by atoms with Gasteiger partial charge in [-0.2, -0.15) is 13.2 Å². The summed E-state index contributed by atoms with van der Waals surface area (Å²) in [5.41, 5.74) is -1.45. The highest BCUT2D eigenvalue weighted by Gasteiger charge is 2.78. The average molecular weight is 277 g/mol. The normalized spacial score (nSPS) is 47.7. The molecule has 0 radical (unpaired) electrons. The lowest BCUT2D eigenvalue weighted by atomic mass is 9.66. The van der Waals surface area contributed by atoms with E-state index >= 15 is 0 Å². The van der Waals surface area contributed by atoms with Crippen molar-refractivity contribution >= 4 is 5.91 Å². The molecule has 2 saturated carbocycles. The van der Waals surface area contributed by atoms with Crippen LogP contribution in [-0.2, 0) is 9.53 Å². The van der Waals surface area contributed by atoms with Crippen LogP contribution in [-0.4, -0.2) is 30.8 Å². The van der Waals surface area contributed by atoms with E-state index in [4.69, 9.17) is 4.74 Å². The van der Waals surface area contributed by atoms with E-state index in [1.165, 1.54) is 0 Å². The first kappa shape index (κ1) is 13.2. The average Bonchev–Trinajstić information content (AvgIpc) is 2.77. The van der Waals surface area contributed by atoms with Crippen molar-refractivity contribution in [2.24, 2.45) is 16.7 Å². The van der Waals surface area contributed by atoms with Crippen LogP contribution in [0, 0.1) is 16.7 Å². The molecule has 0 aromatic heterocycles. The maximum absolute atomic E-state index is 12.3. The Morgan fingerprint density at radius 2 is 2.11 bits per heavy atom. The van der Waals surface area contributed by atoms with E-state index in [-0.39, 0.29) is 10.8 Å². The number of halogens is 3. The van der Waals surface area contributed by atoms with Crippen LogP contribution in [0.15, 0.2) is 0 Å². The number of nitrogens with one attached hydrogen (secondary N) is 1. The molecule has 2 aliphatic carbocycles. The van der Waals surface area contributed by atoms with Crippen LogP contribution in [0.2, 0.25) is 0 Å². The maximum atomic E-state index is 12.3. The number of amides is 1. The predicted octanol–water partition coefficient (Wildman–Crippen LogP) is 2.26. The summed E-state index contributed by atoms with van der Waals surface area (Å²) in [7, 11) is 0. The first-order chi connectivity index (χ1) is 8.65. The summed E-state index contributed by atoms with van der Waals surface area (Å²) >= 11 is 0. The molecule has 1 saturated heterocycles. The molecule has 4 atom stereocenters. The SMILES string of the molecule is C[C@@]12CC[C@H]3C[C@]1(C(=O)NCC(F)(F)F)OC[C@]32C. The zero-order chi connectivity index (χ0) is 14.1. The standard InChI is InChI=1S/C13H18F3NO2/c1-10-7-19-12(9(18)17-6-13(14,15)16)5-8(10)3-4-11(10,12)2/h8H,3-7H2,1-2H3,(H,17,18)/t8-,10+,11-,12+/m0/s1. The van der Waals surface area contributed by atoms with Crippen LogP contribution in [0.1, 0.15) is 33.1 Å². The van der Waals surface area contributed by atoms with Crippen LogP contribution in [0.3, 0.4) is 0 Å². The molecule has 6 heteroatoms. The minimum Gasteiger partial charge on any atom is -0.364 e. The molecule has 0 unspecified atom stereocenters. The Kier molecular flexibility index (Phi) is 2.40. The molecule has 1 heterocycles. The van der Waals surface area contributed by atoms with E-state index in [2.05, 4.69) is 6.92 Å². The smallest absolute Gasteiger partial charge is 0.364 e. The molecule has 19 heavy (non-hydrogen) atoms. The Hall–Kier alpha value is -0.780. The molecule has 108 valence electrons. The van der Waals surface area contributed by atoms with Crippen LogP contribution in [0.25, 0.3) is 0 Å². The monoisotopic (exact) mass is 277 g/mol. The van der Waals surface area contributed by atoms with Gasteiger partial charge in [0.05, 0.1) is 6.61 Å². The third kappa shape index (κ3) is 1.41. The van der Waals surface area contributed by atoms with Crippen molar-refractivity contribution in [2.75, 3.05) is 13.2 Å². The lowest BCUT2D eigenvalue weighted by Gasteiger charge is -2.40. The second kappa shape index (κ2) is 3.45. The van der Waals surface area contributed by atoms with Gasteiger partial charge in [0.25, 0.3) is 5.91 Å². The van der Waals surface area contributed by atoms with Crippen molar-refractivity contribution in [2.45, 2.75) is 44.9 Å². The van der Waals surface area contributed by atoms with E-state index in [1.54, 1.807) is 0 Å². The lowest BCUT2D eigenvalue weighted by molar-refractivity contribution is -0.163. The molecule has 3 fully saturated rings. The van der Waals surface area contributed by atoms with E-state index in [9.17, 15) is 18.0 Å². The van der Waals surface area contributed by atoms with Gasteiger partial charge < -0.3 is 10.1 Å². The lowest BCUT2D eigenvalue weighted by Crippen LogP contribution is -2.56. The van der Waals surface area contributed by atoms with Crippen LogP contribution >= 0.6 is 0 Å². The van der Waals surface area contributed by atoms with E-state index < -0.39 is 24.2 Å². The number of ether oxygens (including phenoxy) is 1. The van der Waals surface area contributed by atoms with Crippen molar-refractivity contribution in [3.8, 4) is 0 Å². The molecule has 0 aromatic carbocycles. The van der Waals surface area contributed by atoms with Crippen molar-refractivity contribution in [3.05, 3.63) is 0 Å². The first-order valence-electron chi connectivity index (χ1n) is 6.64. The van der Waals surface area contributed by atoms with Gasteiger partial charge in [0.15, 0.2) is 5.60 Å². The molecule has 4 bridgehead atoms. The molecular formula is C13H18F3NO2. The Morgan fingerprint density at radius 1 is 1.42 bits per heavy atom. The Morgan fingerprint density at radius 3 is 2.63 bits per heavy atom. The van der Waals surface area contributed by atoms with Gasteiger partial charge in [-0.3, -0.25) is 4.79 Å². The molecule has 0 aromatic rings. The van der Waals surface area contributed by atoms with Gasteiger partial charge in [0.2, 0.25) is 0 Å². The fraction of sp³-hybridized carbons (Fsp3) is 0.923. The Labute approximate surface area is 109 Å². The second-order valence-electron chi connectivity index (χ2n) is 6.60. The van der Waals surface area contributed by atoms with Crippen molar-refractivity contribution in [1.82, 2.24) is 5.32 Å². The molecule has 3 nitrogen and oxygen atoms in total. The largest absolute Gasteiger partial charge is 0.405 e. The van der Waals surface area contributed by atoms with Gasteiger partial charge in [-0.05, 0) is 25.2 Å². The summed E-state index contributed by atoms with van der Waals surface area (Å²) in [6.07, 6.45) is -1.92. The number of hydrogen-bond donors (Lipinski definition) is 1. The highest BCUT2D eigenvalue weighted by Crippen LogP contribution is 2.74. The van der Waals surface area contributed by atoms with E-state index in [0.717, 1.165) is 12.8 Å². The van der Waals surface area contributed by atoms with Crippen LogP contribution in [0.5, 0.6) is 0 Å². The van der Waals surface area contributed by atoms with Gasteiger partial charge in [0.1, 0.15) is 6.54 Å². The summed E-state index contributed by atoms with van der Waals surface area (Å²) in [6.45, 7) is 3.30. The summed E-state index contributed by atoms with van der Waals surface area (Å²) in [5.74, 6) is -0.193. The Bertz CT molecular complexity index is 438. The maximum Gasteiger partial charge on any atom is 0.405 e. The predicted molar refractivity (Wildman–Crippen MR) is 61.3 cm³/mol. The van der Waals surface area contributed by atoms with Gasteiger partial charge in [-0.25, -0.2) is 0 Å². The summed E-state index contributed by atoms with van der Waals surface area (Å²) in [5, 5.41) is 2.02. The molecule has 3 aliphatic rings. The second-order valence-corrected chi connectivity index (χ2v) is 6.60. The third-order valence-corrected chi connectivity index (χ3v) is 6.01. The minimum atomic E-state index is -4.38. The van der Waals surface area contributed by atoms with Gasteiger partial charge in [0, 0.05) is 10.8 Å². The molecule has 1 N–H and O–H groups in total. The zero-order valence-corrected chi connectivity index (χ0v) is 11.1. The molecular weight excluding hydrogens is 259 g/mol. The summed E-state index contributed by atoms with van der Waals surface area (Å²) in [6, 6.07) is 0. The highest BCUT2D eigenvalue weighted by atomic mass is 19.4. The fourth-order valence-corrected chi connectivity index (χ4v) is 4.58. The van der Waals surface area contributed by atoms with Gasteiger partial charge in [-0.1, -0.05) is 13.8 Å². The van der Waals surface area contributed by atoms with Crippen LogP contribution < -0.4 is 5.32 Å². The topological polar surface area (TPSA) is 38.3 Å². The molecule has 3 rings (SSSR count). The quantitative estimate of drug-likeness (QED) is 0.841. The number of alkyl halides is 3. The number of hydrogen-bond acceptors (Lipinski definition) is 2. The Balaban J connectivity index is 1.84. The third-order valence-electron chi connectivity index (χ3n) is 6.01. The first-order valence-corrected chi connectivity index (χ1v) is 6.64. The number of rotatable bonds is 2. The minimum absolute atomic E-state index is 0.0669. The van der Waals surface area contributed by atoms with E-state index in [1.807, 2.05) is 12.2 Å². The fourth-order valence-electron chi connectivity index (χ4n) is 4.58. The summed E-state index contributed by atoms with van der Waals surface area (Å²) < 4.78 is 42.5. The highest BCUT2D eigenvalue weighted by molar-refractivity contribution is 5.88. The zero-order valence-electron chi connectivity index (χ0n) is 11.1. The van der Waals surface area contributed by atoms with Crippen LogP contribution in [0.4, 0.5) is 13.2 Å². The summed E-state index contributed by atoms with van der Waals surface area (Å²) in [4.78, 5) is 12.3. The van der Waals surface area contributed by atoms with Crippen molar-refractivity contribution in [3.63, 3.8) is 0 Å². The van der Waals surface area contributed by atoms with Gasteiger partial charge >= 0.3 is 6.18 Å². The van der Waals surface area contributed by atoms with E-state index in [0.29, 0.717) is 18.9 Å².